The molecule has 1 heterocycles. The molecule has 2 rings (SSSR count). The molecule has 2 N–H and O–H groups in total. The second-order valence-electron chi connectivity index (χ2n) is 5.17. The largest absolute Gasteiger partial charge is 0.416 e. The summed E-state index contributed by atoms with van der Waals surface area (Å²) in [5.41, 5.74) is 8.22. The molecule has 114 valence electrons. The summed E-state index contributed by atoms with van der Waals surface area (Å²) in [7, 11) is 0. The van der Waals surface area contributed by atoms with Crippen molar-refractivity contribution >= 4 is 0 Å². The van der Waals surface area contributed by atoms with Crippen molar-refractivity contribution in [1.82, 2.24) is 9.78 Å². The average molecular weight is 297 g/mol. The van der Waals surface area contributed by atoms with E-state index in [0.717, 1.165) is 23.0 Å². The highest BCUT2D eigenvalue weighted by Gasteiger charge is 2.34. The number of alkyl halides is 3. The van der Waals surface area contributed by atoms with Crippen molar-refractivity contribution in [1.29, 1.82) is 0 Å². The van der Waals surface area contributed by atoms with Crippen molar-refractivity contribution in [2.45, 2.75) is 39.5 Å². The van der Waals surface area contributed by atoms with E-state index in [2.05, 4.69) is 5.10 Å². The predicted molar refractivity (Wildman–Crippen MR) is 74.8 cm³/mol. The van der Waals surface area contributed by atoms with Crippen LogP contribution in [0.15, 0.2) is 24.3 Å². The van der Waals surface area contributed by atoms with E-state index in [9.17, 15) is 13.2 Å². The van der Waals surface area contributed by atoms with Crippen LogP contribution in [0.3, 0.4) is 0 Å². The third-order valence-electron chi connectivity index (χ3n) is 3.78. The summed E-state index contributed by atoms with van der Waals surface area (Å²) in [6.45, 7) is 5.91. The van der Waals surface area contributed by atoms with Crippen LogP contribution in [0.4, 0.5) is 13.2 Å². The number of nitrogens with two attached hydrogens (primary N) is 1. The number of hydrogen-bond donors (Lipinski definition) is 1. The van der Waals surface area contributed by atoms with E-state index in [-0.39, 0.29) is 12.1 Å². The molecular formula is C15H18F3N3. The molecule has 0 radical (unpaired) electrons. The lowest BCUT2D eigenvalue weighted by atomic mass is 10.0. The number of aromatic nitrogens is 2. The molecule has 1 atom stereocenters. The number of halogens is 3. The molecule has 1 aromatic carbocycles. The highest BCUT2D eigenvalue weighted by molar-refractivity contribution is 5.32. The first kappa shape index (κ1) is 15.6. The quantitative estimate of drug-likeness (QED) is 0.942. The van der Waals surface area contributed by atoms with E-state index in [1.165, 1.54) is 12.1 Å². The Kier molecular flexibility index (Phi) is 4.09. The summed E-state index contributed by atoms with van der Waals surface area (Å²) in [5.74, 6) is 0. The maximum absolute atomic E-state index is 13.0. The molecule has 0 aliphatic carbocycles. The van der Waals surface area contributed by atoms with Gasteiger partial charge in [-0.25, -0.2) is 0 Å². The maximum atomic E-state index is 13.0. The summed E-state index contributed by atoms with van der Waals surface area (Å²) in [4.78, 5) is 0. The topological polar surface area (TPSA) is 43.8 Å². The first-order chi connectivity index (χ1) is 9.71. The van der Waals surface area contributed by atoms with Gasteiger partial charge < -0.3 is 5.73 Å². The van der Waals surface area contributed by atoms with Crippen molar-refractivity contribution < 1.29 is 13.2 Å². The lowest BCUT2D eigenvalue weighted by Gasteiger charge is -2.19. The molecule has 6 heteroatoms. The molecule has 0 saturated heterocycles. The van der Waals surface area contributed by atoms with E-state index < -0.39 is 17.8 Å². The van der Waals surface area contributed by atoms with Gasteiger partial charge in [0.15, 0.2) is 0 Å². The van der Waals surface area contributed by atoms with Gasteiger partial charge in [0.1, 0.15) is 0 Å². The Balaban J connectivity index is 2.33. The molecule has 3 nitrogen and oxygen atoms in total. The molecule has 0 fully saturated rings. The van der Waals surface area contributed by atoms with Crippen LogP contribution in [-0.4, -0.2) is 9.78 Å². The molecule has 0 aliphatic rings. The third kappa shape index (κ3) is 3.10. The summed E-state index contributed by atoms with van der Waals surface area (Å²) in [6, 6.07) is 4.65. The average Bonchev–Trinajstić information content (AvgIpc) is 2.65. The zero-order valence-corrected chi connectivity index (χ0v) is 12.2. The molecular weight excluding hydrogens is 279 g/mol. The van der Waals surface area contributed by atoms with Crippen LogP contribution in [0, 0.1) is 20.8 Å². The highest BCUT2D eigenvalue weighted by Crippen LogP contribution is 2.34. The second-order valence-corrected chi connectivity index (χ2v) is 5.17. The zero-order valence-electron chi connectivity index (χ0n) is 12.2. The van der Waals surface area contributed by atoms with E-state index in [1.807, 2.05) is 20.8 Å². The van der Waals surface area contributed by atoms with Crippen LogP contribution in [0.5, 0.6) is 0 Å². The minimum Gasteiger partial charge on any atom is -0.322 e. The minimum absolute atomic E-state index is 0.0928. The normalized spacial score (nSPS) is 13.5. The Bertz CT molecular complexity index is 644. The fraction of sp³-hybridized carbons (Fsp3) is 0.400. The number of aryl methyl sites for hydroxylation is 1. The van der Waals surface area contributed by atoms with Crippen molar-refractivity contribution in [3.8, 4) is 0 Å². The number of nitrogens with zero attached hydrogens (tertiary/aromatic N) is 2. The first-order valence-corrected chi connectivity index (χ1v) is 6.64. The van der Waals surface area contributed by atoms with Gasteiger partial charge in [0.05, 0.1) is 23.8 Å². The van der Waals surface area contributed by atoms with Crippen molar-refractivity contribution in [3.05, 3.63) is 52.3 Å². The van der Waals surface area contributed by atoms with Crippen LogP contribution in [0.1, 0.15) is 34.1 Å². The molecule has 0 saturated carbocycles. The second kappa shape index (κ2) is 5.52. The SMILES string of the molecule is Cc1nn(CC(N)c2ccccc2C(F)(F)F)c(C)c1C. The molecule has 1 aromatic heterocycles. The number of benzene rings is 1. The van der Waals surface area contributed by atoms with Gasteiger partial charge in [0.2, 0.25) is 0 Å². The Morgan fingerprint density at radius 3 is 2.33 bits per heavy atom. The molecule has 0 aliphatic heterocycles. The highest BCUT2D eigenvalue weighted by atomic mass is 19.4. The van der Waals surface area contributed by atoms with Gasteiger partial charge in [-0.15, -0.1) is 0 Å². The van der Waals surface area contributed by atoms with Gasteiger partial charge in [-0.1, -0.05) is 18.2 Å². The minimum atomic E-state index is -4.40. The van der Waals surface area contributed by atoms with Gasteiger partial charge in [-0.05, 0) is 38.0 Å². The van der Waals surface area contributed by atoms with Crippen molar-refractivity contribution in [3.63, 3.8) is 0 Å². The number of rotatable bonds is 3. The Morgan fingerprint density at radius 1 is 1.19 bits per heavy atom. The molecule has 21 heavy (non-hydrogen) atoms. The van der Waals surface area contributed by atoms with Gasteiger partial charge in [0.25, 0.3) is 0 Å². The van der Waals surface area contributed by atoms with Crippen LogP contribution < -0.4 is 5.73 Å². The van der Waals surface area contributed by atoms with E-state index in [0.29, 0.717) is 0 Å². The molecule has 0 bridgehead atoms. The molecule has 0 amide bonds. The van der Waals surface area contributed by atoms with Crippen molar-refractivity contribution in [2.24, 2.45) is 5.73 Å². The van der Waals surface area contributed by atoms with Crippen LogP contribution >= 0.6 is 0 Å². The van der Waals surface area contributed by atoms with Gasteiger partial charge in [-0.2, -0.15) is 18.3 Å². The van der Waals surface area contributed by atoms with Crippen LogP contribution in [-0.2, 0) is 12.7 Å². The predicted octanol–water partition coefficient (Wildman–Crippen LogP) is 3.53. The summed E-state index contributed by atoms with van der Waals surface area (Å²) >= 11 is 0. The maximum Gasteiger partial charge on any atom is 0.416 e. The van der Waals surface area contributed by atoms with Crippen LogP contribution in [0.25, 0.3) is 0 Å². The molecule has 0 spiro atoms. The van der Waals surface area contributed by atoms with E-state index in [4.69, 9.17) is 5.73 Å². The smallest absolute Gasteiger partial charge is 0.322 e. The van der Waals surface area contributed by atoms with Crippen LogP contribution in [0.2, 0.25) is 0 Å². The van der Waals surface area contributed by atoms with E-state index in [1.54, 1.807) is 10.7 Å². The van der Waals surface area contributed by atoms with E-state index >= 15 is 0 Å². The summed E-state index contributed by atoms with van der Waals surface area (Å²) < 4.78 is 40.7. The Labute approximate surface area is 121 Å². The monoisotopic (exact) mass is 297 g/mol. The third-order valence-corrected chi connectivity index (χ3v) is 3.78. The van der Waals surface area contributed by atoms with Crippen molar-refractivity contribution in [2.75, 3.05) is 0 Å². The summed E-state index contributed by atoms with van der Waals surface area (Å²) in [5, 5.41) is 4.32. The molecule has 1 unspecified atom stereocenters. The fourth-order valence-corrected chi connectivity index (χ4v) is 2.33. The standard InChI is InChI=1S/C15H18F3N3/c1-9-10(2)20-21(11(9)3)8-14(19)12-6-4-5-7-13(12)15(16,17)18/h4-7,14H,8,19H2,1-3H3. The lowest BCUT2D eigenvalue weighted by Crippen LogP contribution is -2.23. The Hall–Kier alpha value is -1.82. The fourth-order valence-electron chi connectivity index (χ4n) is 2.33. The summed E-state index contributed by atoms with van der Waals surface area (Å²) in [6.07, 6.45) is -4.40. The van der Waals surface area contributed by atoms with Gasteiger partial charge in [-0.3, -0.25) is 4.68 Å². The lowest BCUT2D eigenvalue weighted by molar-refractivity contribution is -0.138. The zero-order chi connectivity index (χ0) is 15.8. The van der Waals surface area contributed by atoms with Gasteiger partial charge >= 0.3 is 6.18 Å². The van der Waals surface area contributed by atoms with Gasteiger partial charge in [0, 0.05) is 5.69 Å². The molecule has 2 aromatic rings. The first-order valence-electron chi connectivity index (χ1n) is 6.64. The number of hydrogen-bond acceptors (Lipinski definition) is 2. The Morgan fingerprint density at radius 2 is 1.81 bits per heavy atom.